The predicted molar refractivity (Wildman–Crippen MR) is 57.0 cm³/mol. The average Bonchev–Trinajstić information content (AvgIpc) is 2.28. The summed E-state index contributed by atoms with van der Waals surface area (Å²) in [4.78, 5) is 18.8. The van der Waals surface area contributed by atoms with Gasteiger partial charge in [-0.2, -0.15) is 13.2 Å². The number of ether oxygens (including phenoxy) is 1. The van der Waals surface area contributed by atoms with Gasteiger partial charge in [-0.15, -0.1) is 0 Å². The number of alkyl halides is 3. The summed E-state index contributed by atoms with van der Waals surface area (Å²) < 4.78 is 42.5. The van der Waals surface area contributed by atoms with Crippen molar-refractivity contribution in [1.82, 2.24) is 9.97 Å². The van der Waals surface area contributed by atoms with Crippen molar-refractivity contribution in [3.63, 3.8) is 0 Å². The molecule has 18 heavy (non-hydrogen) atoms. The van der Waals surface area contributed by atoms with Gasteiger partial charge >= 0.3 is 6.18 Å². The van der Waals surface area contributed by atoms with Gasteiger partial charge in [0, 0.05) is 0 Å². The van der Waals surface area contributed by atoms with Crippen LogP contribution in [0.1, 0.15) is 13.8 Å². The summed E-state index contributed by atoms with van der Waals surface area (Å²) in [7, 11) is 1.39. The third-order valence-corrected chi connectivity index (χ3v) is 2.37. The number of rotatable bonds is 3. The molecule has 0 radical (unpaired) electrons. The molecule has 0 unspecified atom stereocenters. The van der Waals surface area contributed by atoms with Crippen LogP contribution in [0.15, 0.2) is 12.4 Å². The van der Waals surface area contributed by atoms with Gasteiger partial charge in [0.15, 0.2) is 5.75 Å². The standard InChI is InChI=1S/C10H12F3N3O2/c1-9(2,10(11,12)13)7(17)16-8-14-4-6(18-3)5-15-8/h4-5H,1-3H3,(H,14,15,16,17). The molecule has 0 aliphatic rings. The summed E-state index contributed by atoms with van der Waals surface area (Å²) in [6, 6.07) is 0. The van der Waals surface area contributed by atoms with Crippen LogP contribution in [0.3, 0.4) is 0 Å². The first-order chi connectivity index (χ1) is 8.18. The second-order valence-corrected chi connectivity index (χ2v) is 4.02. The van der Waals surface area contributed by atoms with Crippen LogP contribution in [0, 0.1) is 5.41 Å². The van der Waals surface area contributed by atoms with Crippen molar-refractivity contribution >= 4 is 11.9 Å². The minimum Gasteiger partial charge on any atom is -0.494 e. The van der Waals surface area contributed by atoms with E-state index in [1.165, 1.54) is 19.5 Å². The Morgan fingerprint density at radius 3 is 2.17 bits per heavy atom. The lowest BCUT2D eigenvalue weighted by Gasteiger charge is -2.25. The SMILES string of the molecule is COc1cnc(NC(=O)C(C)(C)C(F)(F)F)nc1. The van der Waals surface area contributed by atoms with Crippen molar-refractivity contribution in [1.29, 1.82) is 0 Å². The number of hydrogen-bond donors (Lipinski definition) is 1. The lowest BCUT2D eigenvalue weighted by molar-refractivity contribution is -0.208. The van der Waals surface area contributed by atoms with Gasteiger partial charge in [-0.3, -0.25) is 10.1 Å². The summed E-state index contributed by atoms with van der Waals surface area (Å²) in [6.45, 7) is 1.57. The van der Waals surface area contributed by atoms with Crippen LogP contribution in [0.5, 0.6) is 5.75 Å². The van der Waals surface area contributed by atoms with E-state index in [0.717, 1.165) is 13.8 Å². The van der Waals surface area contributed by atoms with Crippen molar-refractivity contribution in [3.8, 4) is 5.75 Å². The molecule has 0 spiro atoms. The van der Waals surface area contributed by atoms with Crippen molar-refractivity contribution in [3.05, 3.63) is 12.4 Å². The van der Waals surface area contributed by atoms with Gasteiger partial charge in [0.25, 0.3) is 0 Å². The lowest BCUT2D eigenvalue weighted by Crippen LogP contribution is -2.43. The number of carbonyl (C=O) groups excluding carboxylic acids is 1. The number of carbonyl (C=O) groups is 1. The fraction of sp³-hybridized carbons (Fsp3) is 0.500. The number of nitrogens with one attached hydrogen (secondary N) is 1. The van der Waals surface area contributed by atoms with Crippen molar-refractivity contribution < 1.29 is 22.7 Å². The number of methoxy groups -OCH3 is 1. The Kier molecular flexibility index (Phi) is 3.78. The van der Waals surface area contributed by atoms with Gasteiger partial charge in [0.2, 0.25) is 11.9 Å². The first-order valence-electron chi connectivity index (χ1n) is 4.92. The fourth-order valence-electron chi connectivity index (χ4n) is 0.873. The van der Waals surface area contributed by atoms with Crippen LogP contribution in [0.4, 0.5) is 19.1 Å². The van der Waals surface area contributed by atoms with Gasteiger partial charge in [-0.25, -0.2) is 9.97 Å². The van der Waals surface area contributed by atoms with Gasteiger partial charge in [0.05, 0.1) is 19.5 Å². The highest BCUT2D eigenvalue weighted by Crippen LogP contribution is 2.38. The van der Waals surface area contributed by atoms with E-state index < -0.39 is 17.5 Å². The number of hydrogen-bond acceptors (Lipinski definition) is 4. The molecule has 0 saturated heterocycles. The molecule has 100 valence electrons. The maximum absolute atomic E-state index is 12.6. The van der Waals surface area contributed by atoms with Crippen LogP contribution in [0.25, 0.3) is 0 Å². The smallest absolute Gasteiger partial charge is 0.402 e. The number of aromatic nitrogens is 2. The highest BCUT2D eigenvalue weighted by molar-refractivity contribution is 5.93. The minimum atomic E-state index is -4.65. The molecular formula is C10H12F3N3O2. The van der Waals surface area contributed by atoms with E-state index in [0.29, 0.717) is 5.75 Å². The molecule has 1 N–H and O–H groups in total. The number of amides is 1. The topological polar surface area (TPSA) is 64.1 Å². The Morgan fingerprint density at radius 2 is 1.78 bits per heavy atom. The van der Waals surface area contributed by atoms with E-state index in [-0.39, 0.29) is 5.95 Å². The second kappa shape index (κ2) is 4.79. The lowest BCUT2D eigenvalue weighted by atomic mass is 9.92. The third-order valence-electron chi connectivity index (χ3n) is 2.37. The largest absolute Gasteiger partial charge is 0.494 e. The molecular weight excluding hydrogens is 251 g/mol. The normalized spacial score (nSPS) is 12.1. The molecule has 0 fully saturated rings. The van der Waals surface area contributed by atoms with E-state index in [2.05, 4.69) is 9.97 Å². The summed E-state index contributed by atoms with van der Waals surface area (Å²) >= 11 is 0. The summed E-state index contributed by atoms with van der Waals surface area (Å²) in [5.74, 6) is -1.10. The number of halogens is 3. The van der Waals surface area contributed by atoms with Gasteiger partial charge in [-0.1, -0.05) is 0 Å². The molecule has 1 rings (SSSR count). The van der Waals surface area contributed by atoms with Gasteiger partial charge in [-0.05, 0) is 13.8 Å². The van der Waals surface area contributed by atoms with E-state index in [4.69, 9.17) is 4.74 Å². The maximum Gasteiger partial charge on any atom is 0.402 e. The second-order valence-electron chi connectivity index (χ2n) is 4.02. The molecule has 0 atom stereocenters. The highest BCUT2D eigenvalue weighted by atomic mass is 19.4. The van der Waals surface area contributed by atoms with Crippen LogP contribution in [-0.4, -0.2) is 29.2 Å². The third kappa shape index (κ3) is 2.88. The van der Waals surface area contributed by atoms with E-state index in [1.807, 2.05) is 5.32 Å². The van der Waals surface area contributed by atoms with E-state index in [9.17, 15) is 18.0 Å². The molecule has 0 saturated carbocycles. The van der Waals surface area contributed by atoms with Gasteiger partial charge in [0.1, 0.15) is 5.41 Å². The molecule has 0 aromatic carbocycles. The number of anilines is 1. The van der Waals surface area contributed by atoms with Crippen LogP contribution >= 0.6 is 0 Å². The predicted octanol–water partition coefficient (Wildman–Crippen LogP) is 2.01. The Bertz CT molecular complexity index is 429. The minimum absolute atomic E-state index is 0.210. The molecule has 1 aromatic heterocycles. The van der Waals surface area contributed by atoms with Crippen molar-refractivity contribution in [2.75, 3.05) is 12.4 Å². The Morgan fingerprint density at radius 1 is 1.28 bits per heavy atom. The zero-order chi connectivity index (χ0) is 14.0. The van der Waals surface area contributed by atoms with E-state index in [1.54, 1.807) is 0 Å². The first kappa shape index (κ1) is 14.2. The molecule has 0 bridgehead atoms. The zero-order valence-electron chi connectivity index (χ0n) is 10.00. The molecule has 1 amide bonds. The molecule has 5 nitrogen and oxygen atoms in total. The molecule has 1 heterocycles. The Labute approximate surface area is 101 Å². The first-order valence-corrected chi connectivity index (χ1v) is 4.92. The average molecular weight is 263 g/mol. The summed E-state index contributed by atoms with van der Waals surface area (Å²) in [6.07, 6.45) is -2.17. The van der Waals surface area contributed by atoms with Crippen LogP contribution < -0.4 is 10.1 Å². The summed E-state index contributed by atoms with van der Waals surface area (Å²) in [5.41, 5.74) is -2.52. The van der Waals surface area contributed by atoms with Crippen LogP contribution in [-0.2, 0) is 4.79 Å². The maximum atomic E-state index is 12.6. The van der Waals surface area contributed by atoms with Gasteiger partial charge < -0.3 is 4.74 Å². The fourth-order valence-corrected chi connectivity index (χ4v) is 0.873. The highest BCUT2D eigenvalue weighted by Gasteiger charge is 2.53. The number of nitrogens with zero attached hydrogens (tertiary/aromatic N) is 2. The molecule has 0 aliphatic heterocycles. The van der Waals surface area contributed by atoms with Crippen LogP contribution in [0.2, 0.25) is 0 Å². The zero-order valence-corrected chi connectivity index (χ0v) is 10.00. The monoisotopic (exact) mass is 263 g/mol. The molecule has 0 aliphatic carbocycles. The molecule has 8 heteroatoms. The molecule has 1 aromatic rings. The van der Waals surface area contributed by atoms with Crippen molar-refractivity contribution in [2.45, 2.75) is 20.0 Å². The quantitative estimate of drug-likeness (QED) is 0.906. The Hall–Kier alpha value is -1.86. The summed E-state index contributed by atoms with van der Waals surface area (Å²) in [5, 5.41) is 2.00. The van der Waals surface area contributed by atoms with E-state index >= 15 is 0 Å². The van der Waals surface area contributed by atoms with Crippen molar-refractivity contribution in [2.24, 2.45) is 5.41 Å². The Balaban J connectivity index is 2.81.